The molecule has 0 saturated heterocycles. The Bertz CT molecular complexity index is 785. The predicted octanol–water partition coefficient (Wildman–Crippen LogP) is 2.66. The predicted molar refractivity (Wildman–Crippen MR) is 88.0 cm³/mol. The molecule has 6 heteroatoms. The molecule has 1 aliphatic rings. The van der Waals surface area contributed by atoms with Gasteiger partial charge < -0.3 is 5.32 Å². The van der Waals surface area contributed by atoms with Crippen molar-refractivity contribution < 1.29 is 8.42 Å². The Morgan fingerprint density at radius 1 is 1.33 bits per heavy atom. The summed E-state index contributed by atoms with van der Waals surface area (Å²) in [6.45, 7) is 1.13. The zero-order valence-corrected chi connectivity index (χ0v) is 14.2. The third-order valence-corrected chi connectivity index (χ3v) is 6.97. The summed E-state index contributed by atoms with van der Waals surface area (Å²) in [5.41, 5.74) is 2.03. The largest absolute Gasteiger partial charge is 0.311 e. The van der Waals surface area contributed by atoms with Crippen molar-refractivity contribution in [1.29, 1.82) is 0 Å². The molecule has 2 aromatic rings. The number of nitrogens with one attached hydrogen (secondary N) is 1. The molecule has 0 radical (unpaired) electrons. The van der Waals surface area contributed by atoms with Gasteiger partial charge in [-0.1, -0.05) is 28.1 Å². The van der Waals surface area contributed by atoms with E-state index in [9.17, 15) is 8.42 Å². The van der Waals surface area contributed by atoms with Gasteiger partial charge in [0.2, 0.25) is 0 Å². The fraction of sp³-hybridized carbons (Fsp3) is 0.400. The zero-order valence-electron chi connectivity index (χ0n) is 11.8. The van der Waals surface area contributed by atoms with E-state index in [2.05, 4.69) is 26.2 Å². The lowest BCUT2D eigenvalue weighted by Gasteiger charge is -2.14. The van der Waals surface area contributed by atoms with Crippen molar-refractivity contribution in [1.82, 2.24) is 10.3 Å². The zero-order chi connectivity index (χ0) is 15.1. The van der Waals surface area contributed by atoms with Gasteiger partial charge in [0.1, 0.15) is 0 Å². The van der Waals surface area contributed by atoms with Crippen molar-refractivity contribution in [2.45, 2.75) is 24.1 Å². The molecule has 1 aliphatic carbocycles. The van der Waals surface area contributed by atoms with E-state index >= 15 is 0 Å². The van der Waals surface area contributed by atoms with Crippen molar-refractivity contribution in [3.63, 3.8) is 0 Å². The molecule has 0 aliphatic heterocycles. The summed E-state index contributed by atoms with van der Waals surface area (Å²) >= 11 is 3.53. The van der Waals surface area contributed by atoms with Gasteiger partial charge in [-0.05, 0) is 30.5 Å². The van der Waals surface area contributed by atoms with E-state index in [0.717, 1.165) is 33.8 Å². The first-order valence-corrected chi connectivity index (χ1v) is 9.54. The van der Waals surface area contributed by atoms with Crippen molar-refractivity contribution in [2.75, 3.05) is 12.8 Å². The first-order chi connectivity index (χ1) is 9.93. The molecular weight excluding hydrogens is 352 g/mol. The number of fused-ring (bicyclic) bond motifs is 1. The number of aromatic nitrogens is 1. The minimum absolute atomic E-state index is 0.510. The highest BCUT2D eigenvalue weighted by molar-refractivity contribution is 9.10. The summed E-state index contributed by atoms with van der Waals surface area (Å²) < 4.78 is 24.0. The van der Waals surface area contributed by atoms with E-state index in [1.165, 1.54) is 6.26 Å². The third kappa shape index (κ3) is 2.84. The summed E-state index contributed by atoms with van der Waals surface area (Å²) in [7, 11) is -2.98. The Labute approximate surface area is 133 Å². The van der Waals surface area contributed by atoms with Gasteiger partial charge in [-0.2, -0.15) is 0 Å². The van der Waals surface area contributed by atoms with Crippen LogP contribution in [0.25, 0.3) is 10.9 Å². The van der Waals surface area contributed by atoms with Crippen LogP contribution in [0, 0.1) is 0 Å². The van der Waals surface area contributed by atoms with Crippen LogP contribution in [0.1, 0.15) is 18.4 Å². The van der Waals surface area contributed by atoms with E-state index in [-0.39, 0.29) is 0 Å². The maximum absolute atomic E-state index is 11.8. The van der Waals surface area contributed by atoms with Crippen LogP contribution in [0.5, 0.6) is 0 Å². The standard InChI is InChI=1S/C15H17BrN2O2S/c1-21(19,20)15(6-7-15)10-17-9-11-4-5-13(16)12-3-2-8-18-14(11)12/h2-5,8,17H,6-7,9-10H2,1H3. The van der Waals surface area contributed by atoms with E-state index in [1.54, 1.807) is 6.20 Å². The minimum Gasteiger partial charge on any atom is -0.311 e. The van der Waals surface area contributed by atoms with Gasteiger partial charge >= 0.3 is 0 Å². The Morgan fingerprint density at radius 3 is 2.76 bits per heavy atom. The van der Waals surface area contributed by atoms with Crippen LogP contribution < -0.4 is 5.32 Å². The SMILES string of the molecule is CS(=O)(=O)C1(CNCc2ccc(Br)c3cccnc23)CC1. The highest BCUT2D eigenvalue weighted by atomic mass is 79.9. The van der Waals surface area contributed by atoms with Gasteiger partial charge in [0.05, 0.1) is 10.3 Å². The average Bonchev–Trinajstić information content (AvgIpc) is 3.22. The highest BCUT2D eigenvalue weighted by Crippen LogP contribution is 2.42. The van der Waals surface area contributed by atoms with Crippen LogP contribution >= 0.6 is 15.9 Å². The van der Waals surface area contributed by atoms with Crippen molar-refractivity contribution in [3.05, 3.63) is 40.5 Å². The summed E-state index contributed by atoms with van der Waals surface area (Å²) in [5.74, 6) is 0. The maximum atomic E-state index is 11.8. The van der Waals surface area contributed by atoms with Crippen LogP contribution in [0.2, 0.25) is 0 Å². The molecule has 1 fully saturated rings. The molecule has 1 N–H and O–H groups in total. The normalized spacial score (nSPS) is 17.0. The molecule has 21 heavy (non-hydrogen) atoms. The quantitative estimate of drug-likeness (QED) is 0.881. The molecule has 0 bridgehead atoms. The molecular formula is C15H17BrN2O2S. The highest BCUT2D eigenvalue weighted by Gasteiger charge is 2.51. The number of pyridine rings is 1. The third-order valence-electron chi connectivity index (χ3n) is 4.16. The lowest BCUT2D eigenvalue weighted by atomic mass is 10.1. The molecule has 1 saturated carbocycles. The Morgan fingerprint density at radius 2 is 2.10 bits per heavy atom. The second-order valence-corrected chi connectivity index (χ2v) is 8.93. The monoisotopic (exact) mass is 368 g/mol. The lowest BCUT2D eigenvalue weighted by Crippen LogP contribution is -2.34. The second-order valence-electron chi connectivity index (χ2n) is 5.66. The fourth-order valence-electron chi connectivity index (χ4n) is 2.58. The van der Waals surface area contributed by atoms with Crippen LogP contribution in [0.15, 0.2) is 34.9 Å². The van der Waals surface area contributed by atoms with E-state index in [1.807, 2.05) is 24.3 Å². The summed E-state index contributed by atoms with van der Waals surface area (Å²) in [6.07, 6.45) is 4.63. The molecule has 0 unspecified atom stereocenters. The summed E-state index contributed by atoms with van der Waals surface area (Å²) in [6, 6.07) is 7.96. The first-order valence-electron chi connectivity index (χ1n) is 6.85. The summed E-state index contributed by atoms with van der Waals surface area (Å²) in [4.78, 5) is 4.43. The van der Waals surface area contributed by atoms with Gasteiger partial charge in [-0.25, -0.2) is 8.42 Å². The molecule has 3 rings (SSSR count). The van der Waals surface area contributed by atoms with Gasteiger partial charge in [0.25, 0.3) is 0 Å². The lowest BCUT2D eigenvalue weighted by molar-refractivity contribution is 0.565. The van der Waals surface area contributed by atoms with Crippen LogP contribution in [0.4, 0.5) is 0 Å². The van der Waals surface area contributed by atoms with Crippen molar-refractivity contribution in [3.8, 4) is 0 Å². The first kappa shape index (κ1) is 14.9. The number of hydrogen-bond donors (Lipinski definition) is 1. The fourth-order valence-corrected chi connectivity index (χ4v) is 4.24. The minimum atomic E-state index is -2.98. The van der Waals surface area contributed by atoms with Gasteiger partial charge in [-0.15, -0.1) is 0 Å². The van der Waals surface area contributed by atoms with Crippen LogP contribution in [-0.2, 0) is 16.4 Å². The number of hydrogen-bond acceptors (Lipinski definition) is 4. The number of halogens is 1. The molecule has 0 amide bonds. The topological polar surface area (TPSA) is 59.1 Å². The van der Waals surface area contributed by atoms with Gasteiger partial charge in [0.15, 0.2) is 9.84 Å². The molecule has 0 spiro atoms. The molecule has 4 nitrogen and oxygen atoms in total. The molecule has 1 aromatic heterocycles. The number of benzene rings is 1. The number of rotatable bonds is 5. The van der Waals surface area contributed by atoms with E-state index < -0.39 is 14.6 Å². The maximum Gasteiger partial charge on any atom is 0.154 e. The number of sulfone groups is 1. The Balaban J connectivity index is 1.77. The van der Waals surface area contributed by atoms with Crippen molar-refractivity contribution >= 4 is 36.7 Å². The molecule has 1 heterocycles. The summed E-state index contributed by atoms with van der Waals surface area (Å²) in [5, 5.41) is 4.36. The van der Waals surface area contributed by atoms with E-state index in [0.29, 0.717) is 13.1 Å². The smallest absolute Gasteiger partial charge is 0.154 e. The number of nitrogens with zero attached hydrogens (tertiary/aromatic N) is 1. The van der Waals surface area contributed by atoms with Crippen molar-refractivity contribution in [2.24, 2.45) is 0 Å². The van der Waals surface area contributed by atoms with Gasteiger partial charge in [0, 0.05) is 35.4 Å². The molecule has 112 valence electrons. The van der Waals surface area contributed by atoms with Gasteiger partial charge in [-0.3, -0.25) is 4.98 Å². The average molecular weight is 369 g/mol. The van der Waals surface area contributed by atoms with Crippen LogP contribution in [0.3, 0.4) is 0 Å². The second kappa shape index (κ2) is 5.34. The molecule has 1 aromatic carbocycles. The van der Waals surface area contributed by atoms with E-state index in [4.69, 9.17) is 0 Å². The van der Waals surface area contributed by atoms with Crippen LogP contribution in [-0.4, -0.2) is 30.9 Å². The molecule has 0 atom stereocenters. The Hall–Kier alpha value is -0.980. The Kier molecular flexibility index (Phi) is 3.80.